The molecular formula is C26H36N6O. The van der Waals surface area contributed by atoms with E-state index >= 15 is 0 Å². The van der Waals surface area contributed by atoms with Gasteiger partial charge in [0.25, 0.3) is 0 Å². The second-order valence-corrected chi connectivity index (χ2v) is 9.70. The van der Waals surface area contributed by atoms with E-state index < -0.39 is 0 Å². The van der Waals surface area contributed by atoms with Gasteiger partial charge in [0.2, 0.25) is 0 Å². The number of hydrogen-bond donors (Lipinski definition) is 1. The first kappa shape index (κ1) is 22.0. The molecule has 7 heteroatoms. The molecule has 0 bridgehead atoms. The summed E-state index contributed by atoms with van der Waals surface area (Å²) in [7, 11) is 2.20. The molecule has 7 nitrogen and oxygen atoms in total. The van der Waals surface area contributed by atoms with E-state index in [4.69, 9.17) is 0 Å². The molecule has 2 saturated heterocycles. The molecule has 2 aromatic rings. The number of nitrogens with zero attached hydrogens (tertiary/aromatic N) is 5. The molecule has 1 aromatic heterocycles. The monoisotopic (exact) mass is 448 g/mol. The number of amides is 2. The maximum atomic E-state index is 13.1. The first-order valence-corrected chi connectivity index (χ1v) is 12.3. The minimum Gasteiger partial charge on any atom is -0.369 e. The zero-order valence-corrected chi connectivity index (χ0v) is 20.0. The van der Waals surface area contributed by atoms with Gasteiger partial charge in [0.1, 0.15) is 5.82 Å². The zero-order chi connectivity index (χ0) is 22.8. The molecule has 3 aliphatic rings. The second-order valence-electron chi connectivity index (χ2n) is 9.70. The average Bonchev–Trinajstić information content (AvgIpc) is 2.86. The molecule has 3 heterocycles. The first-order valence-electron chi connectivity index (χ1n) is 12.3. The van der Waals surface area contributed by atoms with Gasteiger partial charge in [-0.2, -0.15) is 0 Å². The number of rotatable bonds is 3. The number of anilines is 2. The van der Waals surface area contributed by atoms with Crippen molar-refractivity contribution >= 4 is 17.5 Å². The normalized spacial score (nSPS) is 21.6. The molecule has 2 amide bonds. The van der Waals surface area contributed by atoms with Gasteiger partial charge in [0.15, 0.2) is 0 Å². The van der Waals surface area contributed by atoms with Gasteiger partial charge in [0, 0.05) is 70.3 Å². The molecule has 0 spiro atoms. The fourth-order valence-electron chi connectivity index (χ4n) is 5.45. The molecule has 1 aromatic carbocycles. The summed E-state index contributed by atoms with van der Waals surface area (Å²) in [4.78, 5) is 26.7. The molecule has 1 N–H and O–H groups in total. The van der Waals surface area contributed by atoms with Crippen molar-refractivity contribution in [3.63, 3.8) is 0 Å². The lowest BCUT2D eigenvalue weighted by Gasteiger charge is -2.39. The Morgan fingerprint density at radius 1 is 0.939 bits per heavy atom. The smallest absolute Gasteiger partial charge is 0.317 e. The number of benzene rings is 1. The Kier molecular flexibility index (Phi) is 6.40. The van der Waals surface area contributed by atoms with Gasteiger partial charge in [-0.1, -0.05) is 12.1 Å². The summed E-state index contributed by atoms with van der Waals surface area (Å²) in [6.45, 7) is 9.70. The van der Waals surface area contributed by atoms with Crippen molar-refractivity contribution in [2.45, 2.75) is 32.2 Å². The molecule has 176 valence electrons. The first-order chi connectivity index (χ1) is 16.1. The average molecular weight is 449 g/mol. The summed E-state index contributed by atoms with van der Waals surface area (Å²) >= 11 is 0. The third-order valence-electron chi connectivity index (χ3n) is 7.55. The van der Waals surface area contributed by atoms with Crippen LogP contribution in [0.5, 0.6) is 0 Å². The third-order valence-corrected chi connectivity index (χ3v) is 7.55. The molecule has 33 heavy (non-hydrogen) atoms. The second kappa shape index (κ2) is 9.59. The summed E-state index contributed by atoms with van der Waals surface area (Å²) in [5.74, 6) is 0.994. The van der Waals surface area contributed by atoms with E-state index in [9.17, 15) is 4.79 Å². The molecule has 1 atom stereocenters. The van der Waals surface area contributed by atoms with Crippen LogP contribution in [0.3, 0.4) is 0 Å². The van der Waals surface area contributed by atoms with Gasteiger partial charge < -0.3 is 24.9 Å². The number of aryl methyl sites for hydroxylation is 1. The van der Waals surface area contributed by atoms with Crippen molar-refractivity contribution in [2.75, 3.05) is 69.2 Å². The number of urea groups is 1. The Morgan fingerprint density at radius 3 is 2.42 bits per heavy atom. The van der Waals surface area contributed by atoms with Crippen LogP contribution < -0.4 is 15.1 Å². The van der Waals surface area contributed by atoms with Crippen molar-refractivity contribution in [3.05, 3.63) is 53.2 Å². The van der Waals surface area contributed by atoms with Gasteiger partial charge in [-0.15, -0.1) is 0 Å². The topological polar surface area (TPSA) is 55.0 Å². The highest BCUT2D eigenvalue weighted by Gasteiger charge is 2.29. The fourth-order valence-corrected chi connectivity index (χ4v) is 5.45. The van der Waals surface area contributed by atoms with Crippen LogP contribution in [0, 0.1) is 6.92 Å². The maximum Gasteiger partial charge on any atom is 0.317 e. The molecule has 2 aliphatic heterocycles. The Balaban J connectivity index is 1.21. The van der Waals surface area contributed by atoms with Crippen molar-refractivity contribution in [2.24, 2.45) is 0 Å². The maximum absolute atomic E-state index is 13.1. The lowest BCUT2D eigenvalue weighted by Crippen LogP contribution is -2.54. The molecular weight excluding hydrogens is 412 g/mol. The summed E-state index contributed by atoms with van der Waals surface area (Å²) in [6, 6.07) is 10.9. The molecule has 0 unspecified atom stereocenters. The van der Waals surface area contributed by atoms with Gasteiger partial charge in [-0.3, -0.25) is 0 Å². The third kappa shape index (κ3) is 4.78. The number of carbonyl (C=O) groups excluding carboxylic acids is 1. The molecule has 1 aliphatic carbocycles. The van der Waals surface area contributed by atoms with Crippen LogP contribution >= 0.6 is 0 Å². The number of likely N-dealkylation sites (N-methyl/N-ethyl adjacent to an activating group) is 1. The predicted molar refractivity (Wildman–Crippen MR) is 133 cm³/mol. The number of hydrogen-bond acceptors (Lipinski definition) is 5. The van der Waals surface area contributed by atoms with Crippen molar-refractivity contribution in [1.82, 2.24) is 20.1 Å². The van der Waals surface area contributed by atoms with Crippen LogP contribution in [0.15, 0.2) is 36.5 Å². The van der Waals surface area contributed by atoms with Crippen LogP contribution in [0.2, 0.25) is 0 Å². The highest BCUT2D eigenvalue weighted by molar-refractivity contribution is 5.75. The Labute approximate surface area is 197 Å². The van der Waals surface area contributed by atoms with E-state index in [1.165, 1.54) is 22.4 Å². The van der Waals surface area contributed by atoms with Crippen molar-refractivity contribution < 1.29 is 4.79 Å². The lowest BCUT2D eigenvalue weighted by molar-refractivity contribution is 0.189. The van der Waals surface area contributed by atoms with E-state index in [2.05, 4.69) is 51.1 Å². The van der Waals surface area contributed by atoms with Crippen LogP contribution in [0.1, 0.15) is 23.1 Å². The van der Waals surface area contributed by atoms with Crippen molar-refractivity contribution in [3.8, 4) is 0 Å². The van der Waals surface area contributed by atoms with E-state index in [0.29, 0.717) is 0 Å². The van der Waals surface area contributed by atoms with Crippen LogP contribution in [-0.4, -0.2) is 86.3 Å². The van der Waals surface area contributed by atoms with Gasteiger partial charge in [-0.05, 0) is 68.1 Å². The number of pyridine rings is 1. The zero-order valence-electron chi connectivity index (χ0n) is 20.0. The summed E-state index contributed by atoms with van der Waals surface area (Å²) < 4.78 is 0. The van der Waals surface area contributed by atoms with Crippen LogP contribution in [0.25, 0.3) is 0 Å². The highest BCUT2D eigenvalue weighted by atomic mass is 16.2. The molecule has 0 radical (unpaired) electrons. The lowest BCUT2D eigenvalue weighted by atomic mass is 9.84. The summed E-state index contributed by atoms with van der Waals surface area (Å²) in [5, 5.41) is 3.37. The molecule has 5 rings (SSSR count). The Hall–Kier alpha value is -2.80. The van der Waals surface area contributed by atoms with Gasteiger partial charge in [-0.25, -0.2) is 9.78 Å². The Bertz CT molecular complexity index is 964. The minimum absolute atomic E-state index is 0.0814. The quantitative estimate of drug-likeness (QED) is 0.782. The molecule has 2 fully saturated rings. The van der Waals surface area contributed by atoms with Crippen LogP contribution in [0.4, 0.5) is 16.3 Å². The summed E-state index contributed by atoms with van der Waals surface area (Å²) in [5.41, 5.74) is 5.72. The number of aromatic nitrogens is 1. The number of nitrogens with one attached hydrogen (secondary N) is 1. The van der Waals surface area contributed by atoms with Gasteiger partial charge >= 0.3 is 6.03 Å². The number of piperazine rings is 2. The number of carbonyl (C=O) groups is 1. The van der Waals surface area contributed by atoms with E-state index in [1.54, 1.807) is 0 Å². The standard InChI is InChI=1S/C26H36N6O/c1-20-6-9-24(30-13-11-29(2)12-14-30)23-19-21(7-8-22(20)23)28-26(33)32-17-15-31(16-18-32)25-5-3-4-10-27-25/h3-6,9-10,21H,7-8,11-19H2,1-2H3,(H,28,33)/t21-/m0/s1. The van der Waals surface area contributed by atoms with E-state index in [1.807, 2.05) is 29.3 Å². The van der Waals surface area contributed by atoms with Crippen molar-refractivity contribution in [1.29, 1.82) is 0 Å². The fraction of sp³-hybridized carbons (Fsp3) is 0.538. The Morgan fingerprint density at radius 2 is 1.70 bits per heavy atom. The molecule has 0 saturated carbocycles. The number of fused-ring (bicyclic) bond motifs is 1. The minimum atomic E-state index is 0.0814. The SMILES string of the molecule is Cc1ccc(N2CCN(C)CC2)c2c1CC[C@H](NC(=O)N1CCN(c3ccccn3)CC1)C2. The largest absolute Gasteiger partial charge is 0.369 e. The van der Waals surface area contributed by atoms with E-state index in [-0.39, 0.29) is 12.1 Å². The summed E-state index contributed by atoms with van der Waals surface area (Å²) in [6.07, 6.45) is 4.81. The van der Waals surface area contributed by atoms with Crippen LogP contribution in [-0.2, 0) is 12.8 Å². The highest BCUT2D eigenvalue weighted by Crippen LogP contribution is 2.33. The van der Waals surface area contributed by atoms with Gasteiger partial charge in [0.05, 0.1) is 0 Å². The predicted octanol–water partition coefficient (Wildman–Crippen LogP) is 2.53. The van der Waals surface area contributed by atoms with E-state index in [0.717, 1.165) is 77.4 Å².